The Morgan fingerprint density at radius 3 is 2.58 bits per heavy atom. The molecule has 3 atom stereocenters. The fourth-order valence-corrected chi connectivity index (χ4v) is 2.16. The number of rotatable bonds is 3. The fourth-order valence-electron chi connectivity index (χ4n) is 2.16. The van der Waals surface area contributed by atoms with Crippen molar-refractivity contribution in [3.05, 3.63) is 35.4 Å². The highest BCUT2D eigenvalue weighted by atomic mass is 19.1. The first-order valence-corrected chi connectivity index (χ1v) is 6.08. The van der Waals surface area contributed by atoms with E-state index in [4.69, 9.17) is 10.5 Å². The van der Waals surface area contributed by atoms with E-state index in [1.54, 1.807) is 0 Å². The summed E-state index contributed by atoms with van der Waals surface area (Å²) in [7, 11) is 0. The molecule has 1 aromatic rings. The molecular weight excluding hydrogens is 254 g/mol. The Morgan fingerprint density at radius 1 is 1.42 bits per heavy atom. The SMILES string of the molecule is CC(NC(=O)C1COCC1N)c1c(F)cccc1F. The Balaban J connectivity index is 2.08. The normalized spacial score (nSPS) is 24.2. The molecule has 0 bridgehead atoms. The van der Waals surface area contributed by atoms with Crippen LogP contribution in [0.1, 0.15) is 18.5 Å². The first-order chi connectivity index (χ1) is 9.00. The predicted molar refractivity (Wildman–Crippen MR) is 65.2 cm³/mol. The van der Waals surface area contributed by atoms with Gasteiger partial charge in [-0.05, 0) is 19.1 Å². The third-order valence-electron chi connectivity index (χ3n) is 3.25. The molecule has 3 N–H and O–H groups in total. The quantitative estimate of drug-likeness (QED) is 0.865. The number of carbonyl (C=O) groups is 1. The zero-order valence-electron chi connectivity index (χ0n) is 10.5. The molecule has 1 amide bonds. The van der Waals surface area contributed by atoms with Crippen LogP contribution in [-0.4, -0.2) is 25.2 Å². The van der Waals surface area contributed by atoms with Gasteiger partial charge in [-0.15, -0.1) is 0 Å². The molecule has 1 aromatic carbocycles. The number of halogens is 2. The summed E-state index contributed by atoms with van der Waals surface area (Å²) in [5, 5.41) is 2.57. The second-order valence-electron chi connectivity index (χ2n) is 4.67. The monoisotopic (exact) mass is 270 g/mol. The zero-order chi connectivity index (χ0) is 14.0. The molecule has 0 saturated carbocycles. The molecule has 0 spiro atoms. The second kappa shape index (κ2) is 5.63. The van der Waals surface area contributed by atoms with Gasteiger partial charge >= 0.3 is 0 Å². The molecule has 1 heterocycles. The third kappa shape index (κ3) is 2.90. The Morgan fingerprint density at radius 2 is 2.05 bits per heavy atom. The van der Waals surface area contributed by atoms with Crippen molar-refractivity contribution in [2.45, 2.75) is 19.0 Å². The summed E-state index contributed by atoms with van der Waals surface area (Å²) >= 11 is 0. The van der Waals surface area contributed by atoms with Crippen molar-refractivity contribution in [1.29, 1.82) is 0 Å². The molecule has 0 aromatic heterocycles. The lowest BCUT2D eigenvalue weighted by Crippen LogP contribution is -2.42. The van der Waals surface area contributed by atoms with Crippen LogP contribution in [0, 0.1) is 17.6 Å². The maximum absolute atomic E-state index is 13.6. The summed E-state index contributed by atoms with van der Waals surface area (Å²) in [5.74, 6) is -2.18. The molecule has 1 saturated heterocycles. The van der Waals surface area contributed by atoms with E-state index in [9.17, 15) is 13.6 Å². The molecule has 1 aliphatic heterocycles. The van der Waals surface area contributed by atoms with E-state index in [1.165, 1.54) is 13.0 Å². The molecule has 3 unspecified atom stereocenters. The van der Waals surface area contributed by atoms with E-state index in [-0.39, 0.29) is 24.1 Å². The largest absolute Gasteiger partial charge is 0.379 e. The Kier molecular flexibility index (Phi) is 4.11. The van der Waals surface area contributed by atoms with Gasteiger partial charge < -0.3 is 15.8 Å². The zero-order valence-corrected chi connectivity index (χ0v) is 10.5. The van der Waals surface area contributed by atoms with Crippen molar-refractivity contribution in [2.75, 3.05) is 13.2 Å². The smallest absolute Gasteiger partial charge is 0.227 e. The molecule has 1 fully saturated rings. The van der Waals surface area contributed by atoms with Gasteiger partial charge in [0.1, 0.15) is 11.6 Å². The number of ether oxygens (including phenoxy) is 1. The lowest BCUT2D eigenvalue weighted by molar-refractivity contribution is -0.125. The summed E-state index contributed by atoms with van der Waals surface area (Å²) in [6.07, 6.45) is 0. The Hall–Kier alpha value is -1.53. The van der Waals surface area contributed by atoms with Crippen LogP contribution in [0.2, 0.25) is 0 Å². The molecule has 19 heavy (non-hydrogen) atoms. The first-order valence-electron chi connectivity index (χ1n) is 6.08. The maximum Gasteiger partial charge on any atom is 0.227 e. The average molecular weight is 270 g/mol. The van der Waals surface area contributed by atoms with Gasteiger partial charge in [-0.25, -0.2) is 8.78 Å². The van der Waals surface area contributed by atoms with Gasteiger partial charge in [0.25, 0.3) is 0 Å². The molecule has 1 aliphatic rings. The van der Waals surface area contributed by atoms with Gasteiger partial charge in [-0.2, -0.15) is 0 Å². The fraction of sp³-hybridized carbons (Fsp3) is 0.462. The Labute approximate surface area is 109 Å². The molecule has 0 radical (unpaired) electrons. The average Bonchev–Trinajstić information content (AvgIpc) is 2.75. The molecule has 2 rings (SSSR count). The number of nitrogens with two attached hydrogens (primary N) is 1. The summed E-state index contributed by atoms with van der Waals surface area (Å²) < 4.78 is 32.2. The number of carbonyl (C=O) groups excluding carboxylic acids is 1. The lowest BCUT2D eigenvalue weighted by atomic mass is 10.0. The highest BCUT2D eigenvalue weighted by Crippen LogP contribution is 2.21. The Bertz CT molecular complexity index is 461. The second-order valence-corrected chi connectivity index (χ2v) is 4.67. The number of hydrogen-bond donors (Lipinski definition) is 2. The standard InChI is InChI=1S/C13H16F2N2O2/c1-7(12-9(14)3-2-4-10(12)15)17-13(18)8-5-19-6-11(8)16/h2-4,7-8,11H,5-6,16H2,1H3,(H,17,18). The predicted octanol–water partition coefficient (Wildman–Crippen LogP) is 1.12. The van der Waals surface area contributed by atoms with Crippen molar-refractivity contribution in [2.24, 2.45) is 11.7 Å². The minimum Gasteiger partial charge on any atom is -0.379 e. The first kappa shape index (κ1) is 13.9. The molecule has 0 aliphatic carbocycles. The van der Waals surface area contributed by atoms with E-state index >= 15 is 0 Å². The minimum atomic E-state index is -0.763. The van der Waals surface area contributed by atoms with Crippen molar-refractivity contribution in [1.82, 2.24) is 5.32 Å². The number of hydrogen-bond acceptors (Lipinski definition) is 3. The molecule has 6 heteroatoms. The van der Waals surface area contributed by atoms with Crippen LogP contribution in [0.5, 0.6) is 0 Å². The van der Waals surface area contributed by atoms with Gasteiger partial charge in [0.15, 0.2) is 0 Å². The lowest BCUT2D eigenvalue weighted by Gasteiger charge is -2.19. The van der Waals surface area contributed by atoms with Gasteiger partial charge in [-0.3, -0.25) is 4.79 Å². The van der Waals surface area contributed by atoms with E-state index in [0.29, 0.717) is 6.61 Å². The highest BCUT2D eigenvalue weighted by Gasteiger charge is 2.32. The van der Waals surface area contributed by atoms with E-state index < -0.39 is 23.6 Å². The molecular formula is C13H16F2N2O2. The highest BCUT2D eigenvalue weighted by molar-refractivity contribution is 5.80. The van der Waals surface area contributed by atoms with Gasteiger partial charge in [0.2, 0.25) is 5.91 Å². The maximum atomic E-state index is 13.6. The number of amides is 1. The number of benzene rings is 1. The van der Waals surface area contributed by atoms with Crippen LogP contribution >= 0.6 is 0 Å². The summed E-state index contributed by atoms with van der Waals surface area (Å²) in [6.45, 7) is 2.08. The molecule has 4 nitrogen and oxygen atoms in total. The van der Waals surface area contributed by atoms with Gasteiger partial charge in [0, 0.05) is 11.6 Å². The minimum absolute atomic E-state index is 0.150. The summed E-state index contributed by atoms with van der Waals surface area (Å²) in [6, 6.07) is 2.46. The van der Waals surface area contributed by atoms with Crippen LogP contribution in [-0.2, 0) is 9.53 Å². The molecule has 104 valence electrons. The van der Waals surface area contributed by atoms with Crippen LogP contribution in [0.4, 0.5) is 8.78 Å². The van der Waals surface area contributed by atoms with E-state index in [0.717, 1.165) is 12.1 Å². The van der Waals surface area contributed by atoms with Gasteiger partial charge in [-0.1, -0.05) is 6.07 Å². The summed E-state index contributed by atoms with van der Waals surface area (Å²) in [4.78, 5) is 11.9. The van der Waals surface area contributed by atoms with Crippen molar-refractivity contribution in [3.8, 4) is 0 Å². The van der Waals surface area contributed by atoms with Crippen molar-refractivity contribution < 1.29 is 18.3 Å². The topological polar surface area (TPSA) is 64.3 Å². The summed E-state index contributed by atoms with van der Waals surface area (Å²) in [5.41, 5.74) is 5.57. The van der Waals surface area contributed by atoms with Crippen LogP contribution < -0.4 is 11.1 Å². The van der Waals surface area contributed by atoms with Crippen molar-refractivity contribution in [3.63, 3.8) is 0 Å². The third-order valence-corrected chi connectivity index (χ3v) is 3.25. The van der Waals surface area contributed by atoms with E-state index in [1.807, 2.05) is 0 Å². The number of nitrogens with one attached hydrogen (secondary N) is 1. The van der Waals surface area contributed by atoms with Crippen molar-refractivity contribution >= 4 is 5.91 Å². The van der Waals surface area contributed by atoms with E-state index in [2.05, 4.69) is 5.32 Å². The van der Waals surface area contributed by atoms with Crippen LogP contribution in [0.15, 0.2) is 18.2 Å². The van der Waals surface area contributed by atoms with Gasteiger partial charge in [0.05, 0.1) is 25.2 Å². The van der Waals surface area contributed by atoms with Crippen LogP contribution in [0.3, 0.4) is 0 Å². The van der Waals surface area contributed by atoms with Crippen LogP contribution in [0.25, 0.3) is 0 Å².